The second-order valence-electron chi connectivity index (χ2n) is 8.24. The van der Waals surface area contributed by atoms with Gasteiger partial charge in [-0.1, -0.05) is 25.9 Å². The molecule has 120 valence electrons. The molecule has 0 aliphatic carbocycles. The van der Waals surface area contributed by atoms with Gasteiger partial charge in [-0.15, -0.1) is 0 Å². The number of hydrogen-bond donors (Lipinski definition) is 0. The van der Waals surface area contributed by atoms with Crippen molar-refractivity contribution in [1.82, 2.24) is 4.90 Å². The highest BCUT2D eigenvalue weighted by molar-refractivity contribution is 5.90. The fourth-order valence-electron chi connectivity index (χ4n) is 2.72. The first kappa shape index (κ1) is 16.1. The third-order valence-electron chi connectivity index (χ3n) is 3.90. The molecule has 2 aliphatic rings. The number of carbonyl (C=O) groups excluding carboxylic acids is 1. The van der Waals surface area contributed by atoms with Crippen molar-refractivity contribution in [3.05, 3.63) is 0 Å². The van der Waals surface area contributed by atoms with Gasteiger partial charge in [0.25, 0.3) is 0 Å². The number of hydrogen-bond acceptors (Lipinski definition) is 4. The average Bonchev–Trinajstić information content (AvgIpc) is 2.70. The second-order valence-corrected chi connectivity index (χ2v) is 8.24. The summed E-state index contributed by atoms with van der Waals surface area (Å²) in [5.74, 6) is 0. The van der Waals surface area contributed by atoms with Crippen molar-refractivity contribution in [2.75, 3.05) is 13.1 Å². The predicted octanol–water partition coefficient (Wildman–Crippen LogP) is 3.58. The molecular formula is C16H28N2O3. The summed E-state index contributed by atoms with van der Waals surface area (Å²) < 4.78 is 5.47. The van der Waals surface area contributed by atoms with E-state index in [0.717, 1.165) is 31.5 Å². The molecule has 5 nitrogen and oxygen atoms in total. The summed E-state index contributed by atoms with van der Waals surface area (Å²) in [6.45, 7) is 13.4. The molecule has 0 radical (unpaired) electrons. The van der Waals surface area contributed by atoms with E-state index < -0.39 is 5.60 Å². The number of piperidine rings is 1. The molecule has 0 aromatic carbocycles. The third-order valence-corrected chi connectivity index (χ3v) is 3.90. The van der Waals surface area contributed by atoms with E-state index in [1.807, 2.05) is 20.8 Å². The Morgan fingerprint density at radius 1 is 1.29 bits per heavy atom. The van der Waals surface area contributed by atoms with Crippen LogP contribution in [0.25, 0.3) is 0 Å². The van der Waals surface area contributed by atoms with E-state index in [1.165, 1.54) is 0 Å². The highest BCUT2D eigenvalue weighted by Crippen LogP contribution is 2.38. The second kappa shape index (κ2) is 5.18. The van der Waals surface area contributed by atoms with Gasteiger partial charge in [-0.3, -0.25) is 0 Å². The van der Waals surface area contributed by atoms with Crippen molar-refractivity contribution in [3.8, 4) is 0 Å². The Morgan fingerprint density at radius 2 is 1.95 bits per heavy atom. The summed E-state index contributed by atoms with van der Waals surface area (Å²) in [4.78, 5) is 19.8. The van der Waals surface area contributed by atoms with Gasteiger partial charge < -0.3 is 14.5 Å². The van der Waals surface area contributed by atoms with E-state index in [0.29, 0.717) is 6.54 Å². The first-order valence-electron chi connectivity index (χ1n) is 7.74. The summed E-state index contributed by atoms with van der Waals surface area (Å²) in [7, 11) is 0. The molecule has 1 fully saturated rings. The van der Waals surface area contributed by atoms with Crippen LogP contribution in [-0.2, 0) is 9.57 Å². The number of oxime groups is 1. The zero-order valence-electron chi connectivity index (χ0n) is 14.2. The molecule has 2 heterocycles. The van der Waals surface area contributed by atoms with Crippen LogP contribution in [-0.4, -0.2) is 41.0 Å². The number of ether oxygens (including phenoxy) is 1. The van der Waals surface area contributed by atoms with Crippen molar-refractivity contribution in [3.63, 3.8) is 0 Å². The summed E-state index contributed by atoms with van der Waals surface area (Å²) in [6.07, 6.45) is 2.41. The van der Waals surface area contributed by atoms with Crippen molar-refractivity contribution in [1.29, 1.82) is 0 Å². The summed E-state index contributed by atoms with van der Waals surface area (Å²) in [6, 6.07) is 0. The van der Waals surface area contributed by atoms with Crippen molar-refractivity contribution in [2.24, 2.45) is 10.6 Å². The Hall–Kier alpha value is -1.26. The van der Waals surface area contributed by atoms with Gasteiger partial charge in [0.05, 0.1) is 12.3 Å². The van der Waals surface area contributed by atoms with Crippen LogP contribution in [0.5, 0.6) is 0 Å². The van der Waals surface area contributed by atoms with Gasteiger partial charge in [-0.2, -0.15) is 0 Å². The lowest BCUT2D eigenvalue weighted by Gasteiger charge is -2.39. The normalized spacial score (nSPS) is 26.6. The summed E-state index contributed by atoms with van der Waals surface area (Å²) in [5, 5.41) is 4.29. The molecule has 2 aliphatic heterocycles. The van der Waals surface area contributed by atoms with E-state index in [1.54, 1.807) is 4.90 Å². The van der Waals surface area contributed by atoms with Gasteiger partial charge in [0.15, 0.2) is 5.60 Å². The van der Waals surface area contributed by atoms with Crippen LogP contribution in [0.2, 0.25) is 0 Å². The molecule has 1 amide bonds. The Bertz CT molecular complexity index is 445. The number of likely N-dealkylation sites (tertiary alicyclic amines) is 1. The van der Waals surface area contributed by atoms with Gasteiger partial charge >= 0.3 is 6.09 Å². The Kier molecular flexibility index (Phi) is 3.98. The van der Waals surface area contributed by atoms with Crippen LogP contribution in [0.3, 0.4) is 0 Å². The third kappa shape index (κ3) is 3.89. The van der Waals surface area contributed by atoms with Gasteiger partial charge in [0.1, 0.15) is 5.60 Å². The molecule has 0 aromatic heterocycles. The van der Waals surface area contributed by atoms with Crippen LogP contribution < -0.4 is 0 Å². The SMILES string of the molecule is CC(C)(C)OC(=O)N1CCCC2(CC(C(C)(C)C)=NO2)C1. The van der Waals surface area contributed by atoms with Crippen LogP contribution in [0.1, 0.15) is 60.8 Å². The van der Waals surface area contributed by atoms with E-state index in [4.69, 9.17) is 9.57 Å². The monoisotopic (exact) mass is 296 g/mol. The number of amides is 1. The highest BCUT2D eigenvalue weighted by Gasteiger charge is 2.46. The maximum atomic E-state index is 12.2. The molecule has 0 saturated carbocycles. The molecule has 2 rings (SSSR count). The molecule has 1 unspecified atom stereocenters. The standard InChI is InChI=1S/C16H28N2O3/c1-14(2,3)12-10-16(21-17-12)8-7-9-18(11-16)13(19)20-15(4,5)6/h7-11H2,1-6H3. The molecule has 0 aromatic rings. The first-order valence-corrected chi connectivity index (χ1v) is 7.74. The zero-order chi connectivity index (χ0) is 15.9. The molecule has 0 N–H and O–H groups in total. The molecular weight excluding hydrogens is 268 g/mol. The molecule has 0 bridgehead atoms. The Morgan fingerprint density at radius 3 is 2.48 bits per heavy atom. The largest absolute Gasteiger partial charge is 0.444 e. The minimum atomic E-state index is -0.467. The number of nitrogens with zero attached hydrogens (tertiary/aromatic N) is 2. The molecule has 21 heavy (non-hydrogen) atoms. The van der Waals surface area contributed by atoms with E-state index in [2.05, 4.69) is 25.9 Å². The lowest BCUT2D eigenvalue weighted by Crippen LogP contribution is -2.51. The predicted molar refractivity (Wildman–Crippen MR) is 82.4 cm³/mol. The van der Waals surface area contributed by atoms with Gasteiger partial charge in [-0.05, 0) is 33.6 Å². The maximum absolute atomic E-state index is 12.2. The molecule has 5 heteroatoms. The first-order chi connectivity index (χ1) is 9.51. The van der Waals surface area contributed by atoms with Crippen LogP contribution >= 0.6 is 0 Å². The molecule has 1 atom stereocenters. The smallest absolute Gasteiger partial charge is 0.410 e. The molecule has 1 saturated heterocycles. The maximum Gasteiger partial charge on any atom is 0.410 e. The number of rotatable bonds is 0. The van der Waals surface area contributed by atoms with Crippen LogP contribution in [0.4, 0.5) is 4.79 Å². The Labute approximate surface area is 127 Å². The minimum absolute atomic E-state index is 0.0116. The fourth-order valence-corrected chi connectivity index (χ4v) is 2.72. The van der Waals surface area contributed by atoms with Crippen LogP contribution in [0.15, 0.2) is 5.16 Å². The van der Waals surface area contributed by atoms with E-state index in [-0.39, 0.29) is 17.1 Å². The van der Waals surface area contributed by atoms with Crippen molar-refractivity contribution < 1.29 is 14.4 Å². The zero-order valence-corrected chi connectivity index (χ0v) is 14.2. The Balaban J connectivity index is 2.01. The van der Waals surface area contributed by atoms with Crippen molar-refractivity contribution >= 4 is 11.8 Å². The van der Waals surface area contributed by atoms with E-state index in [9.17, 15) is 4.79 Å². The average molecular weight is 296 g/mol. The van der Waals surface area contributed by atoms with E-state index >= 15 is 0 Å². The lowest BCUT2D eigenvalue weighted by atomic mass is 9.80. The van der Waals surface area contributed by atoms with Gasteiger partial charge in [0.2, 0.25) is 0 Å². The summed E-state index contributed by atoms with van der Waals surface area (Å²) >= 11 is 0. The fraction of sp³-hybridized carbons (Fsp3) is 0.875. The van der Waals surface area contributed by atoms with Gasteiger partial charge in [-0.25, -0.2) is 4.79 Å². The minimum Gasteiger partial charge on any atom is -0.444 e. The lowest BCUT2D eigenvalue weighted by molar-refractivity contribution is -0.0719. The highest BCUT2D eigenvalue weighted by atomic mass is 16.7. The topological polar surface area (TPSA) is 51.1 Å². The molecule has 1 spiro atoms. The van der Waals surface area contributed by atoms with Crippen LogP contribution in [0, 0.1) is 5.41 Å². The van der Waals surface area contributed by atoms with Crippen molar-refractivity contribution in [2.45, 2.75) is 72.0 Å². The quantitative estimate of drug-likeness (QED) is 0.686. The van der Waals surface area contributed by atoms with Gasteiger partial charge in [0, 0.05) is 18.4 Å². The summed E-state index contributed by atoms with van der Waals surface area (Å²) in [5.41, 5.74) is 0.273. The number of carbonyl (C=O) groups is 1.